The molecule has 2 N–H and O–H groups in total. The molecule has 1 rings (SSSR count). The number of nitrogens with zero attached hydrogens (tertiary/aromatic N) is 1. The Morgan fingerprint density at radius 1 is 1.39 bits per heavy atom. The summed E-state index contributed by atoms with van der Waals surface area (Å²) in [5.41, 5.74) is -1.62. The van der Waals surface area contributed by atoms with Gasteiger partial charge in [-0.05, 0) is 6.07 Å². The molecule has 18 heavy (non-hydrogen) atoms. The van der Waals surface area contributed by atoms with Crippen molar-refractivity contribution in [1.29, 1.82) is 5.26 Å². The predicted octanol–water partition coefficient (Wildman–Crippen LogP) is 0.928. The Hall–Kier alpha value is -2.21. The van der Waals surface area contributed by atoms with E-state index in [9.17, 15) is 22.0 Å². The van der Waals surface area contributed by atoms with Gasteiger partial charge in [0, 0.05) is 6.07 Å². The van der Waals surface area contributed by atoms with Crippen molar-refractivity contribution in [3.8, 4) is 6.07 Å². The molecule has 0 fully saturated rings. The van der Waals surface area contributed by atoms with Crippen LogP contribution in [0.4, 0.5) is 14.5 Å². The fourth-order valence-corrected chi connectivity index (χ4v) is 1.81. The Morgan fingerprint density at radius 2 is 2.00 bits per heavy atom. The fourth-order valence-electron chi connectivity index (χ4n) is 1.08. The first-order valence-electron chi connectivity index (χ1n) is 4.36. The third-order valence-electron chi connectivity index (χ3n) is 1.81. The number of nitriles is 1. The van der Waals surface area contributed by atoms with E-state index < -0.39 is 44.6 Å². The van der Waals surface area contributed by atoms with Gasteiger partial charge in [0.25, 0.3) is 0 Å². The number of hydrogen-bond donors (Lipinski definition) is 2. The molecule has 0 radical (unpaired) electrons. The van der Waals surface area contributed by atoms with Crippen LogP contribution in [0.1, 0.15) is 10.4 Å². The molecule has 6 nitrogen and oxygen atoms in total. The number of rotatable bonds is 4. The smallest absolute Gasteiger partial charge is 0.338 e. The van der Waals surface area contributed by atoms with Gasteiger partial charge in [0.2, 0.25) is 10.0 Å². The lowest BCUT2D eigenvalue weighted by Gasteiger charge is -2.08. The van der Waals surface area contributed by atoms with E-state index in [1.165, 1.54) is 6.07 Å². The molecule has 0 bridgehead atoms. The number of aromatic carboxylic acids is 1. The standard InChI is InChI=1S/C9H6F2N2O4S/c10-6-4-7(11)8(3-5(6)9(14)15)13-18(16,17)2-1-12/h3-4,13H,2H2,(H,14,15). The molecule has 0 atom stereocenters. The van der Waals surface area contributed by atoms with Crippen molar-refractivity contribution in [1.82, 2.24) is 0 Å². The second kappa shape index (κ2) is 4.97. The van der Waals surface area contributed by atoms with Crippen molar-refractivity contribution in [3.63, 3.8) is 0 Å². The van der Waals surface area contributed by atoms with Gasteiger partial charge in [0.05, 0.1) is 17.3 Å². The van der Waals surface area contributed by atoms with Crippen LogP contribution in [0.3, 0.4) is 0 Å². The van der Waals surface area contributed by atoms with E-state index in [1.807, 2.05) is 0 Å². The summed E-state index contributed by atoms with van der Waals surface area (Å²) in [7, 11) is -4.13. The Morgan fingerprint density at radius 3 is 2.50 bits per heavy atom. The first-order chi connectivity index (χ1) is 8.26. The number of carboxylic acids is 1. The number of halogens is 2. The van der Waals surface area contributed by atoms with E-state index in [0.717, 1.165) is 0 Å². The van der Waals surface area contributed by atoms with E-state index in [1.54, 1.807) is 4.72 Å². The van der Waals surface area contributed by atoms with Gasteiger partial charge in [-0.25, -0.2) is 22.0 Å². The monoisotopic (exact) mass is 276 g/mol. The summed E-state index contributed by atoms with van der Waals surface area (Å²) in [5, 5.41) is 16.8. The van der Waals surface area contributed by atoms with Crippen molar-refractivity contribution in [2.45, 2.75) is 0 Å². The quantitative estimate of drug-likeness (QED) is 0.850. The number of hydrogen-bond acceptors (Lipinski definition) is 4. The summed E-state index contributed by atoms with van der Waals surface area (Å²) in [5.74, 6) is -5.22. The fraction of sp³-hybridized carbons (Fsp3) is 0.111. The molecule has 0 saturated heterocycles. The molecule has 1 aromatic carbocycles. The highest BCUT2D eigenvalue weighted by Gasteiger charge is 2.18. The minimum atomic E-state index is -4.13. The molecule has 0 heterocycles. The van der Waals surface area contributed by atoms with Crippen LogP contribution in [0.25, 0.3) is 0 Å². The Kier molecular flexibility index (Phi) is 3.82. The van der Waals surface area contributed by atoms with Crippen molar-refractivity contribution in [3.05, 3.63) is 29.3 Å². The molecule has 0 aliphatic rings. The van der Waals surface area contributed by atoms with Crippen LogP contribution >= 0.6 is 0 Å². The molecule has 0 aromatic heterocycles. The topological polar surface area (TPSA) is 107 Å². The highest BCUT2D eigenvalue weighted by Crippen LogP contribution is 2.20. The second-order valence-electron chi connectivity index (χ2n) is 3.14. The van der Waals surface area contributed by atoms with Gasteiger partial charge in [0.1, 0.15) is 11.6 Å². The lowest BCUT2D eigenvalue weighted by Crippen LogP contribution is -2.17. The molecule has 0 amide bonds. The van der Waals surface area contributed by atoms with Gasteiger partial charge in [-0.15, -0.1) is 0 Å². The number of benzene rings is 1. The van der Waals surface area contributed by atoms with Crippen molar-refractivity contribution >= 4 is 21.7 Å². The maximum atomic E-state index is 13.2. The summed E-state index contributed by atoms with van der Waals surface area (Å²) in [6.07, 6.45) is 0. The van der Waals surface area contributed by atoms with E-state index in [-0.39, 0.29) is 6.07 Å². The Bertz CT molecular complexity index is 637. The predicted molar refractivity (Wildman–Crippen MR) is 56.3 cm³/mol. The van der Waals surface area contributed by atoms with Crippen LogP contribution in [-0.2, 0) is 10.0 Å². The van der Waals surface area contributed by atoms with Gasteiger partial charge in [0.15, 0.2) is 5.75 Å². The normalized spacial score (nSPS) is 10.7. The van der Waals surface area contributed by atoms with Crippen LogP contribution in [0.15, 0.2) is 12.1 Å². The number of carboxylic acid groups (broad SMARTS) is 1. The van der Waals surface area contributed by atoms with Crippen molar-refractivity contribution in [2.75, 3.05) is 10.5 Å². The highest BCUT2D eigenvalue weighted by atomic mass is 32.2. The molecule has 0 spiro atoms. The number of anilines is 1. The summed E-state index contributed by atoms with van der Waals surface area (Å²) in [6.45, 7) is 0. The average molecular weight is 276 g/mol. The number of sulfonamides is 1. The van der Waals surface area contributed by atoms with E-state index >= 15 is 0 Å². The van der Waals surface area contributed by atoms with E-state index in [2.05, 4.69) is 0 Å². The lowest BCUT2D eigenvalue weighted by molar-refractivity contribution is 0.0692. The molecule has 1 aromatic rings. The average Bonchev–Trinajstić information content (AvgIpc) is 2.21. The second-order valence-corrected chi connectivity index (χ2v) is 4.86. The molecule has 9 heteroatoms. The Balaban J connectivity index is 3.23. The summed E-state index contributed by atoms with van der Waals surface area (Å²) >= 11 is 0. The van der Waals surface area contributed by atoms with Gasteiger partial charge in [-0.1, -0.05) is 0 Å². The largest absolute Gasteiger partial charge is 0.478 e. The molecule has 0 aliphatic carbocycles. The first-order valence-corrected chi connectivity index (χ1v) is 6.02. The number of nitrogens with one attached hydrogen (secondary N) is 1. The van der Waals surface area contributed by atoms with Crippen LogP contribution in [0.2, 0.25) is 0 Å². The SMILES string of the molecule is N#CCS(=O)(=O)Nc1cc(C(=O)O)c(F)cc1F. The van der Waals surface area contributed by atoms with E-state index in [0.29, 0.717) is 6.07 Å². The van der Waals surface area contributed by atoms with Crippen LogP contribution in [0, 0.1) is 23.0 Å². The van der Waals surface area contributed by atoms with Crippen molar-refractivity contribution in [2.24, 2.45) is 0 Å². The van der Waals surface area contributed by atoms with Gasteiger partial charge in [-0.2, -0.15) is 5.26 Å². The summed E-state index contributed by atoms with van der Waals surface area (Å²) < 4.78 is 50.2. The summed E-state index contributed by atoms with van der Waals surface area (Å²) in [4.78, 5) is 10.6. The molecular weight excluding hydrogens is 270 g/mol. The maximum absolute atomic E-state index is 13.2. The minimum absolute atomic E-state index is 0.244. The van der Waals surface area contributed by atoms with Gasteiger partial charge < -0.3 is 5.11 Å². The molecule has 96 valence electrons. The zero-order chi connectivity index (χ0) is 13.9. The number of carbonyl (C=O) groups is 1. The Labute approximate surface area is 101 Å². The summed E-state index contributed by atoms with van der Waals surface area (Å²) in [6, 6.07) is 2.08. The third kappa shape index (κ3) is 3.14. The maximum Gasteiger partial charge on any atom is 0.338 e. The van der Waals surface area contributed by atoms with Crippen LogP contribution in [-0.4, -0.2) is 25.2 Å². The molecule has 0 aliphatic heterocycles. The lowest BCUT2D eigenvalue weighted by atomic mass is 10.2. The molecule has 0 saturated carbocycles. The first kappa shape index (κ1) is 13.9. The van der Waals surface area contributed by atoms with Gasteiger partial charge >= 0.3 is 5.97 Å². The molecule has 0 unspecified atom stereocenters. The van der Waals surface area contributed by atoms with Crippen molar-refractivity contribution < 1.29 is 27.1 Å². The minimum Gasteiger partial charge on any atom is -0.478 e. The third-order valence-corrected chi connectivity index (χ3v) is 2.85. The van der Waals surface area contributed by atoms with E-state index in [4.69, 9.17) is 10.4 Å². The molecular formula is C9H6F2N2O4S. The highest BCUT2D eigenvalue weighted by molar-refractivity contribution is 7.92. The zero-order valence-corrected chi connectivity index (χ0v) is 9.46. The van der Waals surface area contributed by atoms with Gasteiger partial charge in [-0.3, -0.25) is 4.72 Å². The zero-order valence-electron chi connectivity index (χ0n) is 8.65. The van der Waals surface area contributed by atoms with Crippen LogP contribution < -0.4 is 4.72 Å². The van der Waals surface area contributed by atoms with Crippen LogP contribution in [0.5, 0.6) is 0 Å².